The van der Waals surface area contributed by atoms with Crippen LogP contribution in [-0.4, -0.2) is 21.0 Å². The standard InChI is InChI=1S/C15H11ClN2O2/c1-8-3-2-4-10(16)13(8)14-17-11-6-5-9(15(19)20)7-12(11)18-14/h2-7H,1H3,(H,17,18)(H,19,20). The molecule has 0 aliphatic heterocycles. The summed E-state index contributed by atoms with van der Waals surface area (Å²) in [5.41, 5.74) is 3.46. The maximum atomic E-state index is 11.0. The molecule has 2 N–H and O–H groups in total. The van der Waals surface area contributed by atoms with E-state index in [-0.39, 0.29) is 5.56 Å². The number of hydrogen-bond donors (Lipinski definition) is 2. The van der Waals surface area contributed by atoms with E-state index in [9.17, 15) is 4.79 Å². The van der Waals surface area contributed by atoms with E-state index in [0.717, 1.165) is 11.1 Å². The van der Waals surface area contributed by atoms with Crippen molar-refractivity contribution in [2.45, 2.75) is 6.92 Å². The summed E-state index contributed by atoms with van der Waals surface area (Å²) in [5, 5.41) is 9.61. The smallest absolute Gasteiger partial charge is 0.335 e. The topological polar surface area (TPSA) is 66.0 Å². The number of H-pyrrole nitrogens is 1. The third-order valence-corrected chi connectivity index (χ3v) is 3.50. The average Bonchev–Trinajstić information content (AvgIpc) is 2.80. The molecule has 0 fully saturated rings. The molecule has 0 amide bonds. The molecule has 0 atom stereocenters. The second-order valence-corrected chi connectivity index (χ2v) is 4.96. The number of benzene rings is 2. The SMILES string of the molecule is Cc1cccc(Cl)c1-c1nc2ccc(C(=O)O)cc2[nH]1. The molecule has 100 valence electrons. The van der Waals surface area contributed by atoms with Gasteiger partial charge in [-0.25, -0.2) is 9.78 Å². The van der Waals surface area contributed by atoms with Crippen molar-refractivity contribution in [2.75, 3.05) is 0 Å². The average molecular weight is 287 g/mol. The number of halogens is 1. The lowest BCUT2D eigenvalue weighted by Gasteiger charge is -2.04. The molecule has 0 saturated heterocycles. The van der Waals surface area contributed by atoms with Crippen LogP contribution in [0.15, 0.2) is 36.4 Å². The Bertz CT molecular complexity index is 804. The van der Waals surface area contributed by atoms with Crippen LogP contribution in [0.5, 0.6) is 0 Å². The van der Waals surface area contributed by atoms with Crippen molar-refractivity contribution in [1.29, 1.82) is 0 Å². The number of aryl methyl sites for hydroxylation is 1. The Labute approximate surface area is 120 Å². The fraction of sp³-hybridized carbons (Fsp3) is 0.0667. The number of hydrogen-bond acceptors (Lipinski definition) is 2. The second kappa shape index (κ2) is 4.65. The summed E-state index contributed by atoms with van der Waals surface area (Å²) >= 11 is 6.22. The summed E-state index contributed by atoms with van der Waals surface area (Å²) in [6, 6.07) is 10.4. The molecule has 0 unspecified atom stereocenters. The molecule has 0 aliphatic rings. The molecular formula is C15H11ClN2O2. The van der Waals surface area contributed by atoms with Gasteiger partial charge in [0.2, 0.25) is 0 Å². The Hall–Kier alpha value is -2.33. The van der Waals surface area contributed by atoms with E-state index in [0.29, 0.717) is 21.9 Å². The number of nitrogens with zero attached hydrogens (tertiary/aromatic N) is 1. The van der Waals surface area contributed by atoms with Crippen molar-refractivity contribution in [1.82, 2.24) is 9.97 Å². The van der Waals surface area contributed by atoms with Crippen LogP contribution in [0.1, 0.15) is 15.9 Å². The monoisotopic (exact) mass is 286 g/mol. The number of fused-ring (bicyclic) bond motifs is 1. The summed E-state index contributed by atoms with van der Waals surface area (Å²) in [5.74, 6) is -0.317. The zero-order chi connectivity index (χ0) is 14.3. The summed E-state index contributed by atoms with van der Waals surface area (Å²) in [6.07, 6.45) is 0. The summed E-state index contributed by atoms with van der Waals surface area (Å²) in [7, 11) is 0. The normalized spacial score (nSPS) is 10.9. The highest BCUT2D eigenvalue weighted by molar-refractivity contribution is 6.33. The van der Waals surface area contributed by atoms with Crippen LogP contribution < -0.4 is 0 Å². The third kappa shape index (κ3) is 2.04. The van der Waals surface area contributed by atoms with E-state index in [1.54, 1.807) is 18.2 Å². The van der Waals surface area contributed by atoms with Gasteiger partial charge in [-0.2, -0.15) is 0 Å². The van der Waals surface area contributed by atoms with Crippen LogP contribution in [0.25, 0.3) is 22.4 Å². The number of aromatic amines is 1. The van der Waals surface area contributed by atoms with Gasteiger partial charge in [-0.1, -0.05) is 23.7 Å². The van der Waals surface area contributed by atoms with Crippen molar-refractivity contribution in [3.05, 3.63) is 52.5 Å². The van der Waals surface area contributed by atoms with Crippen molar-refractivity contribution < 1.29 is 9.90 Å². The van der Waals surface area contributed by atoms with Crippen molar-refractivity contribution in [3.63, 3.8) is 0 Å². The van der Waals surface area contributed by atoms with Crippen LogP contribution in [0, 0.1) is 6.92 Å². The van der Waals surface area contributed by atoms with Gasteiger partial charge in [-0.05, 0) is 36.8 Å². The van der Waals surface area contributed by atoms with Crippen LogP contribution in [0.4, 0.5) is 0 Å². The molecule has 3 aromatic rings. The second-order valence-electron chi connectivity index (χ2n) is 4.55. The minimum Gasteiger partial charge on any atom is -0.478 e. The van der Waals surface area contributed by atoms with Gasteiger partial charge in [-0.15, -0.1) is 0 Å². The lowest BCUT2D eigenvalue weighted by molar-refractivity contribution is 0.0697. The quantitative estimate of drug-likeness (QED) is 0.751. The number of rotatable bonds is 2. The Balaban J connectivity index is 2.21. The molecule has 3 rings (SSSR count). The van der Waals surface area contributed by atoms with Crippen LogP contribution >= 0.6 is 11.6 Å². The zero-order valence-corrected chi connectivity index (χ0v) is 11.4. The lowest BCUT2D eigenvalue weighted by Crippen LogP contribution is -1.94. The van der Waals surface area contributed by atoms with Gasteiger partial charge in [0.15, 0.2) is 0 Å². The van der Waals surface area contributed by atoms with Gasteiger partial charge < -0.3 is 10.1 Å². The number of aromatic nitrogens is 2. The summed E-state index contributed by atoms with van der Waals surface area (Å²) in [4.78, 5) is 18.6. The first-order chi connectivity index (χ1) is 9.56. The predicted molar refractivity (Wildman–Crippen MR) is 78.2 cm³/mol. The number of aromatic carboxylic acids is 1. The first-order valence-corrected chi connectivity index (χ1v) is 6.42. The summed E-state index contributed by atoms with van der Waals surface area (Å²) < 4.78 is 0. The van der Waals surface area contributed by atoms with Gasteiger partial charge in [-0.3, -0.25) is 0 Å². The van der Waals surface area contributed by atoms with Crippen molar-refractivity contribution in [2.24, 2.45) is 0 Å². The maximum Gasteiger partial charge on any atom is 0.335 e. The minimum absolute atomic E-state index is 0.226. The molecule has 20 heavy (non-hydrogen) atoms. The van der Waals surface area contributed by atoms with Crippen molar-refractivity contribution >= 4 is 28.6 Å². The maximum absolute atomic E-state index is 11.0. The Morgan fingerprint density at radius 3 is 2.80 bits per heavy atom. The van der Waals surface area contributed by atoms with E-state index < -0.39 is 5.97 Å². The van der Waals surface area contributed by atoms with E-state index in [1.807, 2.05) is 19.1 Å². The molecule has 2 aromatic carbocycles. The van der Waals surface area contributed by atoms with Crippen LogP contribution in [-0.2, 0) is 0 Å². The van der Waals surface area contributed by atoms with E-state index in [2.05, 4.69) is 9.97 Å². The number of nitrogens with one attached hydrogen (secondary N) is 1. The third-order valence-electron chi connectivity index (χ3n) is 3.19. The number of carbonyl (C=O) groups is 1. The van der Waals surface area contributed by atoms with Gasteiger partial charge in [0, 0.05) is 5.56 Å². The Kier molecular flexibility index (Phi) is 2.95. The number of imidazole rings is 1. The first-order valence-electron chi connectivity index (χ1n) is 6.05. The molecule has 4 nitrogen and oxygen atoms in total. The molecule has 0 spiro atoms. The van der Waals surface area contributed by atoms with Gasteiger partial charge in [0.25, 0.3) is 0 Å². The number of carboxylic acid groups (broad SMARTS) is 1. The van der Waals surface area contributed by atoms with Crippen LogP contribution in [0.2, 0.25) is 5.02 Å². The van der Waals surface area contributed by atoms with Crippen molar-refractivity contribution in [3.8, 4) is 11.4 Å². The van der Waals surface area contributed by atoms with Gasteiger partial charge >= 0.3 is 5.97 Å². The zero-order valence-electron chi connectivity index (χ0n) is 10.6. The molecule has 0 aliphatic carbocycles. The first kappa shape index (κ1) is 12.7. The van der Waals surface area contributed by atoms with Crippen LogP contribution in [0.3, 0.4) is 0 Å². The van der Waals surface area contributed by atoms with E-state index >= 15 is 0 Å². The van der Waals surface area contributed by atoms with Gasteiger partial charge in [0.05, 0.1) is 21.6 Å². The lowest BCUT2D eigenvalue weighted by atomic mass is 10.1. The molecule has 0 bridgehead atoms. The molecule has 0 saturated carbocycles. The summed E-state index contributed by atoms with van der Waals surface area (Å²) in [6.45, 7) is 1.96. The molecule has 1 heterocycles. The molecule has 0 radical (unpaired) electrons. The highest BCUT2D eigenvalue weighted by Gasteiger charge is 2.12. The number of carboxylic acids is 1. The minimum atomic E-state index is -0.961. The molecule has 5 heteroatoms. The molecular weight excluding hydrogens is 276 g/mol. The van der Waals surface area contributed by atoms with E-state index in [4.69, 9.17) is 16.7 Å². The predicted octanol–water partition coefficient (Wildman–Crippen LogP) is 3.89. The van der Waals surface area contributed by atoms with Gasteiger partial charge in [0.1, 0.15) is 5.82 Å². The highest BCUT2D eigenvalue weighted by atomic mass is 35.5. The largest absolute Gasteiger partial charge is 0.478 e. The Morgan fingerprint density at radius 2 is 2.10 bits per heavy atom. The highest BCUT2D eigenvalue weighted by Crippen LogP contribution is 2.30. The fourth-order valence-corrected chi connectivity index (χ4v) is 2.50. The Morgan fingerprint density at radius 1 is 1.30 bits per heavy atom. The molecule has 1 aromatic heterocycles. The van der Waals surface area contributed by atoms with E-state index in [1.165, 1.54) is 6.07 Å². The fourth-order valence-electron chi connectivity index (χ4n) is 2.19.